The second kappa shape index (κ2) is 5.64. The van der Waals surface area contributed by atoms with Gasteiger partial charge in [0.25, 0.3) is 0 Å². The molecule has 0 amide bonds. The lowest BCUT2D eigenvalue weighted by Gasteiger charge is -2.37. The molecule has 2 unspecified atom stereocenters. The Morgan fingerprint density at radius 3 is 3.05 bits per heavy atom. The molecule has 0 bridgehead atoms. The molecule has 2 rings (SSSR count). The summed E-state index contributed by atoms with van der Waals surface area (Å²) in [7, 11) is 0. The van der Waals surface area contributed by atoms with Crippen molar-refractivity contribution in [3.05, 3.63) is 21.6 Å². The Hall–Kier alpha value is -1.51. The van der Waals surface area contributed by atoms with E-state index in [2.05, 4.69) is 9.97 Å². The molecule has 8 nitrogen and oxygen atoms in total. The van der Waals surface area contributed by atoms with Crippen LogP contribution in [-0.4, -0.2) is 51.9 Å². The fourth-order valence-electron chi connectivity index (χ4n) is 1.94. The van der Waals surface area contributed by atoms with Gasteiger partial charge in [-0.1, -0.05) is 11.6 Å². The highest BCUT2D eigenvalue weighted by Crippen LogP contribution is 2.33. The number of hydrogen-bond acceptors (Lipinski definition) is 7. The molecule has 104 valence electrons. The van der Waals surface area contributed by atoms with Crippen LogP contribution in [0.3, 0.4) is 0 Å². The summed E-state index contributed by atoms with van der Waals surface area (Å²) in [5.74, 6) is 0.152. The molecule has 0 radical (unpaired) electrons. The summed E-state index contributed by atoms with van der Waals surface area (Å²) < 4.78 is 5.38. The molecule has 2 heterocycles. The lowest BCUT2D eigenvalue weighted by molar-refractivity contribution is -0.384. The van der Waals surface area contributed by atoms with Gasteiger partial charge >= 0.3 is 5.69 Å². The minimum atomic E-state index is -0.603. The normalized spacial score (nSPS) is 23.4. The van der Waals surface area contributed by atoms with Gasteiger partial charge in [-0.05, 0) is 6.92 Å². The second-order valence-corrected chi connectivity index (χ2v) is 4.59. The number of morpholine rings is 1. The van der Waals surface area contributed by atoms with Gasteiger partial charge in [0.1, 0.15) is 6.33 Å². The average molecular weight is 289 g/mol. The predicted octanol–water partition coefficient (Wildman–Crippen LogP) is 0.624. The van der Waals surface area contributed by atoms with E-state index in [0.717, 1.165) is 0 Å². The first-order chi connectivity index (χ1) is 9.04. The van der Waals surface area contributed by atoms with Gasteiger partial charge in [-0.3, -0.25) is 10.1 Å². The summed E-state index contributed by atoms with van der Waals surface area (Å²) in [6.07, 6.45) is 0.783. The minimum Gasteiger partial charge on any atom is -0.394 e. The molecule has 1 saturated heterocycles. The molecule has 19 heavy (non-hydrogen) atoms. The van der Waals surface area contributed by atoms with E-state index >= 15 is 0 Å². The van der Waals surface area contributed by atoms with Crippen LogP contribution in [0, 0.1) is 10.1 Å². The Bertz CT molecular complexity index is 487. The number of ether oxygens (including phenoxy) is 1. The number of hydrogen-bond donors (Lipinski definition) is 1. The third kappa shape index (κ3) is 2.75. The van der Waals surface area contributed by atoms with Crippen LogP contribution in [-0.2, 0) is 4.74 Å². The maximum atomic E-state index is 11.1. The van der Waals surface area contributed by atoms with E-state index in [4.69, 9.17) is 21.4 Å². The summed E-state index contributed by atoms with van der Waals surface area (Å²) in [6, 6.07) is -0.104. The van der Waals surface area contributed by atoms with Crippen molar-refractivity contribution in [2.75, 3.05) is 24.7 Å². The number of aromatic nitrogens is 2. The number of anilines is 1. The third-order valence-electron chi connectivity index (χ3n) is 2.92. The van der Waals surface area contributed by atoms with E-state index < -0.39 is 11.0 Å². The Morgan fingerprint density at radius 1 is 1.68 bits per heavy atom. The molecular formula is C10H13ClN4O4. The summed E-state index contributed by atoms with van der Waals surface area (Å²) in [6.45, 7) is 2.36. The lowest BCUT2D eigenvalue weighted by atomic mass is 10.2. The molecule has 1 aromatic rings. The maximum Gasteiger partial charge on any atom is 0.348 e. The molecule has 1 fully saturated rings. The van der Waals surface area contributed by atoms with Crippen molar-refractivity contribution in [3.63, 3.8) is 0 Å². The molecule has 0 aromatic carbocycles. The standard InChI is InChI=1S/C10H13ClN4O4/c1-6-4-19-7(3-16)2-14(6)10-8(15(17)18)9(11)12-5-13-10/h5-7,16H,2-4H2,1H3. The van der Waals surface area contributed by atoms with Crippen molar-refractivity contribution in [3.8, 4) is 0 Å². The lowest BCUT2D eigenvalue weighted by Crippen LogP contribution is -2.50. The van der Waals surface area contributed by atoms with E-state index in [1.807, 2.05) is 6.92 Å². The van der Waals surface area contributed by atoms with Crippen LogP contribution in [0.5, 0.6) is 0 Å². The highest BCUT2D eigenvalue weighted by molar-refractivity contribution is 6.31. The van der Waals surface area contributed by atoms with Gasteiger partial charge in [0.15, 0.2) is 0 Å². The molecule has 2 atom stereocenters. The van der Waals surface area contributed by atoms with Crippen molar-refractivity contribution in [2.45, 2.75) is 19.1 Å². The highest BCUT2D eigenvalue weighted by Gasteiger charge is 2.33. The summed E-state index contributed by atoms with van der Waals surface area (Å²) in [5.41, 5.74) is -0.324. The first kappa shape index (κ1) is 13.9. The van der Waals surface area contributed by atoms with Crippen LogP contribution >= 0.6 is 11.6 Å². The third-order valence-corrected chi connectivity index (χ3v) is 3.20. The van der Waals surface area contributed by atoms with Crippen molar-refractivity contribution in [1.29, 1.82) is 0 Å². The molecule has 0 spiro atoms. The molecule has 9 heteroatoms. The second-order valence-electron chi connectivity index (χ2n) is 4.23. The minimum absolute atomic E-state index is 0.104. The predicted molar refractivity (Wildman–Crippen MR) is 67.3 cm³/mol. The van der Waals surface area contributed by atoms with Crippen LogP contribution in [0.2, 0.25) is 5.15 Å². The van der Waals surface area contributed by atoms with E-state index in [0.29, 0.717) is 13.2 Å². The van der Waals surface area contributed by atoms with Crippen LogP contribution in [0.15, 0.2) is 6.33 Å². The fraction of sp³-hybridized carbons (Fsp3) is 0.600. The number of aliphatic hydroxyl groups is 1. The molecular weight excluding hydrogens is 276 g/mol. The summed E-state index contributed by atoms with van der Waals surface area (Å²) >= 11 is 5.76. The van der Waals surface area contributed by atoms with E-state index in [1.54, 1.807) is 4.90 Å². The Morgan fingerprint density at radius 2 is 2.42 bits per heavy atom. The van der Waals surface area contributed by atoms with Crippen LogP contribution in [0.25, 0.3) is 0 Å². The molecule has 1 N–H and O–H groups in total. The average Bonchev–Trinajstić information content (AvgIpc) is 2.38. The number of aliphatic hydroxyl groups excluding tert-OH is 1. The van der Waals surface area contributed by atoms with Gasteiger partial charge < -0.3 is 14.7 Å². The Labute approximate surface area is 114 Å². The zero-order valence-corrected chi connectivity index (χ0v) is 10.9. The van der Waals surface area contributed by atoms with E-state index in [-0.39, 0.29) is 29.3 Å². The number of rotatable bonds is 3. The smallest absolute Gasteiger partial charge is 0.348 e. The molecule has 0 saturated carbocycles. The molecule has 1 aliphatic heterocycles. The van der Waals surface area contributed by atoms with Gasteiger partial charge in [0, 0.05) is 6.54 Å². The first-order valence-corrected chi connectivity index (χ1v) is 6.06. The monoisotopic (exact) mass is 288 g/mol. The molecule has 0 aliphatic carbocycles. The number of nitro groups is 1. The van der Waals surface area contributed by atoms with Gasteiger partial charge in [-0.25, -0.2) is 9.97 Å². The summed E-state index contributed by atoms with van der Waals surface area (Å²) in [5, 5.41) is 20.0. The van der Waals surface area contributed by atoms with Crippen LogP contribution in [0.4, 0.5) is 11.5 Å². The Balaban J connectivity index is 2.39. The quantitative estimate of drug-likeness (QED) is 0.494. The number of halogens is 1. The fourth-order valence-corrected chi connectivity index (χ4v) is 2.14. The van der Waals surface area contributed by atoms with Crippen LogP contribution in [0.1, 0.15) is 6.92 Å². The van der Waals surface area contributed by atoms with Crippen molar-refractivity contribution in [2.24, 2.45) is 0 Å². The maximum absolute atomic E-state index is 11.1. The molecule has 1 aromatic heterocycles. The van der Waals surface area contributed by atoms with Crippen LogP contribution < -0.4 is 4.90 Å². The van der Waals surface area contributed by atoms with Gasteiger partial charge in [0.2, 0.25) is 11.0 Å². The largest absolute Gasteiger partial charge is 0.394 e. The van der Waals surface area contributed by atoms with Crippen molar-refractivity contribution >= 4 is 23.1 Å². The highest BCUT2D eigenvalue weighted by atomic mass is 35.5. The van der Waals surface area contributed by atoms with E-state index in [1.165, 1.54) is 6.33 Å². The van der Waals surface area contributed by atoms with Gasteiger partial charge in [0.05, 0.1) is 30.3 Å². The zero-order valence-electron chi connectivity index (χ0n) is 10.2. The number of nitrogens with zero attached hydrogens (tertiary/aromatic N) is 4. The Kier molecular flexibility index (Phi) is 4.13. The topological polar surface area (TPSA) is 102 Å². The van der Waals surface area contributed by atoms with Gasteiger partial charge in [-0.2, -0.15) is 0 Å². The van der Waals surface area contributed by atoms with Crippen molar-refractivity contribution < 1.29 is 14.8 Å². The SMILES string of the molecule is CC1COC(CO)CN1c1ncnc(Cl)c1[N+](=O)[O-]. The van der Waals surface area contributed by atoms with Gasteiger partial charge in [-0.15, -0.1) is 0 Å². The zero-order chi connectivity index (χ0) is 14.0. The molecule has 1 aliphatic rings. The first-order valence-electron chi connectivity index (χ1n) is 5.68. The van der Waals surface area contributed by atoms with E-state index in [9.17, 15) is 10.1 Å². The van der Waals surface area contributed by atoms with Crippen molar-refractivity contribution in [1.82, 2.24) is 9.97 Å². The summed E-state index contributed by atoms with van der Waals surface area (Å²) in [4.78, 5) is 19.8.